The number of hydrogen-bond donors (Lipinski definition) is 2. The van der Waals surface area contributed by atoms with Gasteiger partial charge in [0.15, 0.2) is 0 Å². The standard InChI is InChI=1S/C14H20N2O2/c1-9-7-15-8-11(9)14(17)16-12-3-2-4-13-10(12)5-6-18-13/h5-6,9,11-12,15H,2-4,7-8H2,1H3,(H,16,17)/t9-,11-,12?/m1/s1. The van der Waals surface area contributed by atoms with E-state index in [1.165, 1.54) is 5.56 Å². The van der Waals surface area contributed by atoms with Crippen molar-refractivity contribution < 1.29 is 9.21 Å². The second-order valence-electron chi connectivity index (χ2n) is 5.49. The zero-order chi connectivity index (χ0) is 12.5. The molecule has 98 valence electrons. The van der Waals surface area contributed by atoms with E-state index in [1.807, 2.05) is 6.07 Å². The van der Waals surface area contributed by atoms with Gasteiger partial charge in [0, 0.05) is 18.5 Å². The van der Waals surface area contributed by atoms with Crippen molar-refractivity contribution in [2.45, 2.75) is 32.2 Å². The van der Waals surface area contributed by atoms with E-state index in [0.717, 1.165) is 38.1 Å². The summed E-state index contributed by atoms with van der Waals surface area (Å²) in [5.74, 6) is 1.77. The number of carbonyl (C=O) groups excluding carboxylic acids is 1. The van der Waals surface area contributed by atoms with Gasteiger partial charge < -0.3 is 15.1 Å². The van der Waals surface area contributed by atoms with Gasteiger partial charge in [-0.2, -0.15) is 0 Å². The van der Waals surface area contributed by atoms with Crippen LogP contribution in [-0.2, 0) is 11.2 Å². The Kier molecular flexibility index (Phi) is 3.12. The van der Waals surface area contributed by atoms with E-state index in [4.69, 9.17) is 4.42 Å². The summed E-state index contributed by atoms with van der Waals surface area (Å²) >= 11 is 0. The lowest BCUT2D eigenvalue weighted by Gasteiger charge is -2.25. The summed E-state index contributed by atoms with van der Waals surface area (Å²) in [7, 11) is 0. The van der Waals surface area contributed by atoms with Crippen LogP contribution in [0.25, 0.3) is 0 Å². The van der Waals surface area contributed by atoms with Crippen LogP contribution >= 0.6 is 0 Å². The highest BCUT2D eigenvalue weighted by Gasteiger charge is 2.32. The molecule has 0 saturated carbocycles. The molecule has 2 heterocycles. The van der Waals surface area contributed by atoms with Gasteiger partial charge in [-0.25, -0.2) is 0 Å². The number of amides is 1. The molecule has 1 aliphatic carbocycles. The fourth-order valence-corrected chi connectivity index (χ4v) is 3.08. The minimum Gasteiger partial charge on any atom is -0.469 e. The largest absolute Gasteiger partial charge is 0.469 e. The Bertz CT molecular complexity index is 441. The molecule has 0 spiro atoms. The molecule has 1 fully saturated rings. The van der Waals surface area contributed by atoms with Crippen LogP contribution in [0.5, 0.6) is 0 Å². The van der Waals surface area contributed by atoms with Crippen LogP contribution in [0.3, 0.4) is 0 Å². The summed E-state index contributed by atoms with van der Waals surface area (Å²) in [5, 5.41) is 6.47. The van der Waals surface area contributed by atoms with Crippen molar-refractivity contribution in [1.29, 1.82) is 0 Å². The third-order valence-electron chi connectivity index (χ3n) is 4.22. The van der Waals surface area contributed by atoms with Gasteiger partial charge in [-0.05, 0) is 31.4 Å². The molecule has 1 amide bonds. The van der Waals surface area contributed by atoms with E-state index < -0.39 is 0 Å². The second kappa shape index (κ2) is 4.76. The third-order valence-corrected chi connectivity index (χ3v) is 4.22. The Labute approximate surface area is 107 Å². The summed E-state index contributed by atoms with van der Waals surface area (Å²) in [6, 6.07) is 2.14. The van der Waals surface area contributed by atoms with Gasteiger partial charge in [-0.1, -0.05) is 6.92 Å². The predicted molar refractivity (Wildman–Crippen MR) is 68.1 cm³/mol. The molecule has 4 nitrogen and oxygen atoms in total. The van der Waals surface area contributed by atoms with Crippen molar-refractivity contribution >= 4 is 5.91 Å². The first-order valence-electron chi connectivity index (χ1n) is 6.83. The summed E-state index contributed by atoms with van der Waals surface area (Å²) in [4.78, 5) is 12.3. The molecule has 3 rings (SSSR count). The maximum absolute atomic E-state index is 12.3. The molecule has 2 N–H and O–H groups in total. The molecule has 4 heteroatoms. The second-order valence-corrected chi connectivity index (χ2v) is 5.49. The zero-order valence-corrected chi connectivity index (χ0v) is 10.7. The number of carbonyl (C=O) groups is 1. The number of hydrogen-bond acceptors (Lipinski definition) is 3. The number of furan rings is 1. The van der Waals surface area contributed by atoms with E-state index in [9.17, 15) is 4.79 Å². The molecule has 0 bridgehead atoms. The maximum Gasteiger partial charge on any atom is 0.225 e. The minimum atomic E-state index is 0.113. The number of rotatable bonds is 2. The van der Waals surface area contributed by atoms with Crippen molar-refractivity contribution in [3.63, 3.8) is 0 Å². The highest BCUT2D eigenvalue weighted by atomic mass is 16.3. The topological polar surface area (TPSA) is 54.3 Å². The molecule has 1 aromatic rings. The van der Waals surface area contributed by atoms with E-state index in [1.54, 1.807) is 6.26 Å². The molecule has 3 atom stereocenters. The van der Waals surface area contributed by atoms with Crippen molar-refractivity contribution in [3.8, 4) is 0 Å². The van der Waals surface area contributed by atoms with Gasteiger partial charge >= 0.3 is 0 Å². The Morgan fingerprint density at radius 2 is 2.39 bits per heavy atom. The third kappa shape index (κ3) is 2.05. The fraction of sp³-hybridized carbons (Fsp3) is 0.643. The van der Waals surface area contributed by atoms with Crippen molar-refractivity contribution in [2.24, 2.45) is 11.8 Å². The normalized spacial score (nSPS) is 31.1. The highest BCUT2D eigenvalue weighted by Crippen LogP contribution is 2.31. The maximum atomic E-state index is 12.3. The number of aryl methyl sites for hydroxylation is 1. The van der Waals surface area contributed by atoms with Gasteiger partial charge in [0.05, 0.1) is 18.2 Å². The summed E-state index contributed by atoms with van der Waals surface area (Å²) in [6.07, 6.45) is 4.84. The Morgan fingerprint density at radius 1 is 1.50 bits per heavy atom. The zero-order valence-electron chi connectivity index (χ0n) is 10.7. The molecule has 18 heavy (non-hydrogen) atoms. The Morgan fingerprint density at radius 3 is 3.17 bits per heavy atom. The summed E-state index contributed by atoms with van der Waals surface area (Å²) < 4.78 is 5.45. The first-order valence-corrected chi connectivity index (χ1v) is 6.83. The average molecular weight is 248 g/mol. The quantitative estimate of drug-likeness (QED) is 0.836. The van der Waals surface area contributed by atoms with Crippen LogP contribution in [0.1, 0.15) is 37.1 Å². The van der Waals surface area contributed by atoms with E-state index in [-0.39, 0.29) is 17.9 Å². The SMILES string of the molecule is C[C@@H]1CNC[C@H]1C(=O)NC1CCCc2occc21. The van der Waals surface area contributed by atoms with Gasteiger partial charge in [-0.3, -0.25) is 4.79 Å². The lowest BCUT2D eigenvalue weighted by Crippen LogP contribution is -2.37. The smallest absolute Gasteiger partial charge is 0.225 e. The van der Waals surface area contributed by atoms with Gasteiger partial charge in [0.25, 0.3) is 0 Å². The number of fused-ring (bicyclic) bond motifs is 1. The Balaban J connectivity index is 1.69. The highest BCUT2D eigenvalue weighted by molar-refractivity contribution is 5.80. The first-order chi connectivity index (χ1) is 8.75. The van der Waals surface area contributed by atoms with E-state index in [2.05, 4.69) is 17.6 Å². The lowest BCUT2D eigenvalue weighted by molar-refractivity contribution is -0.126. The van der Waals surface area contributed by atoms with Gasteiger partial charge in [0.1, 0.15) is 5.76 Å². The average Bonchev–Trinajstić information content (AvgIpc) is 2.97. The lowest BCUT2D eigenvalue weighted by atomic mass is 9.91. The Hall–Kier alpha value is -1.29. The van der Waals surface area contributed by atoms with Crippen LogP contribution in [0, 0.1) is 11.8 Å². The van der Waals surface area contributed by atoms with Crippen molar-refractivity contribution in [1.82, 2.24) is 10.6 Å². The van der Waals surface area contributed by atoms with Crippen LogP contribution in [0.15, 0.2) is 16.7 Å². The first kappa shape index (κ1) is 11.8. The molecule has 1 aromatic heterocycles. The van der Waals surface area contributed by atoms with Crippen LogP contribution in [-0.4, -0.2) is 19.0 Å². The van der Waals surface area contributed by atoms with Crippen molar-refractivity contribution in [2.75, 3.05) is 13.1 Å². The minimum absolute atomic E-state index is 0.113. The van der Waals surface area contributed by atoms with Crippen LogP contribution in [0.4, 0.5) is 0 Å². The monoisotopic (exact) mass is 248 g/mol. The van der Waals surface area contributed by atoms with E-state index >= 15 is 0 Å². The van der Waals surface area contributed by atoms with Crippen molar-refractivity contribution in [3.05, 3.63) is 23.7 Å². The van der Waals surface area contributed by atoms with E-state index in [0.29, 0.717) is 5.92 Å². The fourth-order valence-electron chi connectivity index (χ4n) is 3.08. The molecular formula is C14H20N2O2. The molecule has 1 saturated heterocycles. The predicted octanol–water partition coefficient (Wildman–Crippen LogP) is 1.63. The molecule has 2 aliphatic rings. The molecule has 0 radical (unpaired) electrons. The number of nitrogens with one attached hydrogen (secondary N) is 2. The van der Waals surface area contributed by atoms with Crippen LogP contribution in [0.2, 0.25) is 0 Å². The van der Waals surface area contributed by atoms with Gasteiger partial charge in [0.2, 0.25) is 5.91 Å². The van der Waals surface area contributed by atoms with Crippen LogP contribution < -0.4 is 10.6 Å². The van der Waals surface area contributed by atoms with Gasteiger partial charge in [-0.15, -0.1) is 0 Å². The summed E-state index contributed by atoms with van der Waals surface area (Å²) in [6.45, 7) is 3.88. The molecule has 0 aromatic carbocycles. The molecule has 1 aliphatic heterocycles. The summed E-state index contributed by atoms with van der Waals surface area (Å²) in [5.41, 5.74) is 1.17. The molecular weight excluding hydrogens is 228 g/mol. The molecule has 1 unspecified atom stereocenters.